The number of hydrogen-bond acceptors (Lipinski definition) is 9. The standard InChI is InChI=1S/C35H43FN8O3/c1-35(2,3)47-34(45)43-19-25(20-43)41-16-13-24(14-17-41)42-18-15-29(28(36)21-42)44-33-30(32(37)38-22-39-33)31(40-44)23-9-11-27(12-10-23)46-26-7-5-4-6-8-26/h4-12,22,24-25,28-29H,13-21H2,1-3H3,(H2,37,38,39). The maximum atomic E-state index is 16.1. The van der Waals surface area contributed by atoms with Gasteiger partial charge in [-0.05, 0) is 76.4 Å². The number of nitrogens with two attached hydrogens (primary N) is 1. The second-order valence-corrected chi connectivity index (χ2v) is 13.9. The molecular formula is C35H43FN8O3. The Labute approximate surface area is 274 Å². The number of benzene rings is 2. The molecule has 0 spiro atoms. The second kappa shape index (κ2) is 12.7. The predicted octanol–water partition coefficient (Wildman–Crippen LogP) is 5.54. The number of nitrogens with zero attached hydrogens (tertiary/aromatic N) is 7. The van der Waals surface area contributed by atoms with Gasteiger partial charge in [0.25, 0.3) is 0 Å². The van der Waals surface area contributed by atoms with Gasteiger partial charge in [-0.25, -0.2) is 23.8 Å². The number of amides is 1. The first-order valence-corrected chi connectivity index (χ1v) is 16.5. The van der Waals surface area contributed by atoms with E-state index in [1.54, 1.807) is 9.58 Å². The number of piperidine rings is 2. The molecule has 1 amide bonds. The summed E-state index contributed by atoms with van der Waals surface area (Å²) in [6, 6.07) is 17.5. The quantitative estimate of drug-likeness (QED) is 0.290. The van der Waals surface area contributed by atoms with Gasteiger partial charge in [-0.15, -0.1) is 0 Å². The SMILES string of the molecule is CC(C)(C)OC(=O)N1CC(N2CCC(N3CCC(n4nc(-c5ccc(Oc6ccccc6)cc5)c5c(N)ncnc54)C(F)C3)CC2)C1. The highest BCUT2D eigenvalue weighted by molar-refractivity contribution is 5.98. The molecule has 3 saturated heterocycles. The molecule has 12 heteroatoms. The molecule has 5 heterocycles. The maximum absolute atomic E-state index is 16.1. The van der Waals surface area contributed by atoms with Crippen LogP contribution in [0.15, 0.2) is 60.9 Å². The molecule has 2 unspecified atom stereocenters. The van der Waals surface area contributed by atoms with Crippen LogP contribution in [0.2, 0.25) is 0 Å². The summed E-state index contributed by atoms with van der Waals surface area (Å²) in [6.45, 7) is 10.1. The van der Waals surface area contributed by atoms with Crippen molar-refractivity contribution in [2.45, 2.75) is 69.9 Å². The summed E-state index contributed by atoms with van der Waals surface area (Å²) in [5.74, 6) is 1.77. The Bertz CT molecular complexity index is 1700. The lowest BCUT2D eigenvalue weighted by atomic mass is 9.95. The Kier molecular flexibility index (Phi) is 8.48. The van der Waals surface area contributed by atoms with Crippen molar-refractivity contribution in [3.8, 4) is 22.8 Å². The number of carbonyl (C=O) groups is 1. The molecule has 248 valence electrons. The van der Waals surface area contributed by atoms with Gasteiger partial charge in [0.05, 0.1) is 11.4 Å². The number of alkyl halides is 1. The zero-order valence-electron chi connectivity index (χ0n) is 27.3. The van der Waals surface area contributed by atoms with Gasteiger partial charge in [-0.3, -0.25) is 9.80 Å². The van der Waals surface area contributed by atoms with E-state index >= 15 is 4.39 Å². The molecule has 0 aliphatic carbocycles. The Morgan fingerprint density at radius 2 is 1.55 bits per heavy atom. The van der Waals surface area contributed by atoms with Gasteiger partial charge in [-0.1, -0.05) is 18.2 Å². The van der Waals surface area contributed by atoms with Crippen molar-refractivity contribution in [3.63, 3.8) is 0 Å². The Balaban J connectivity index is 0.985. The molecule has 2 N–H and O–H groups in total. The first kappa shape index (κ1) is 31.3. The highest BCUT2D eigenvalue weighted by Gasteiger charge is 2.41. The van der Waals surface area contributed by atoms with Gasteiger partial charge in [0, 0.05) is 56.9 Å². The van der Waals surface area contributed by atoms with E-state index in [-0.39, 0.29) is 6.09 Å². The average Bonchev–Trinajstić information content (AvgIpc) is 3.41. The Hall–Kier alpha value is -4.29. The topological polar surface area (TPSA) is 115 Å². The lowest BCUT2D eigenvalue weighted by Crippen LogP contribution is -2.63. The van der Waals surface area contributed by atoms with Crippen LogP contribution in [0.4, 0.5) is 15.0 Å². The van der Waals surface area contributed by atoms with Crippen LogP contribution in [0.25, 0.3) is 22.3 Å². The van der Waals surface area contributed by atoms with E-state index in [0.29, 0.717) is 66.4 Å². The van der Waals surface area contributed by atoms with E-state index < -0.39 is 17.8 Å². The third kappa shape index (κ3) is 6.62. The minimum Gasteiger partial charge on any atom is -0.457 e. The molecule has 3 aliphatic rings. The summed E-state index contributed by atoms with van der Waals surface area (Å²) >= 11 is 0. The Morgan fingerprint density at radius 3 is 2.23 bits per heavy atom. The van der Waals surface area contributed by atoms with E-state index in [4.69, 9.17) is 20.3 Å². The smallest absolute Gasteiger partial charge is 0.410 e. The van der Waals surface area contributed by atoms with E-state index in [2.05, 4.69) is 19.8 Å². The minimum absolute atomic E-state index is 0.238. The van der Waals surface area contributed by atoms with Crippen LogP contribution in [0.1, 0.15) is 46.1 Å². The second-order valence-electron chi connectivity index (χ2n) is 13.9. The van der Waals surface area contributed by atoms with Crippen molar-refractivity contribution >= 4 is 22.9 Å². The number of carbonyl (C=O) groups excluding carboxylic acids is 1. The largest absolute Gasteiger partial charge is 0.457 e. The van der Waals surface area contributed by atoms with Gasteiger partial charge >= 0.3 is 6.09 Å². The van der Waals surface area contributed by atoms with Crippen LogP contribution in [0, 0.1) is 0 Å². The van der Waals surface area contributed by atoms with E-state index in [0.717, 1.165) is 43.8 Å². The zero-order valence-corrected chi connectivity index (χ0v) is 27.3. The summed E-state index contributed by atoms with van der Waals surface area (Å²) in [5, 5.41) is 5.55. The molecule has 11 nitrogen and oxygen atoms in total. The molecule has 3 fully saturated rings. The number of fused-ring (bicyclic) bond motifs is 1. The van der Waals surface area contributed by atoms with Crippen LogP contribution < -0.4 is 10.5 Å². The summed E-state index contributed by atoms with van der Waals surface area (Å²) in [7, 11) is 0. The third-order valence-electron chi connectivity index (χ3n) is 9.52. The maximum Gasteiger partial charge on any atom is 0.410 e. The number of para-hydroxylation sites is 1. The van der Waals surface area contributed by atoms with E-state index in [1.165, 1.54) is 6.33 Å². The van der Waals surface area contributed by atoms with E-state index in [1.807, 2.05) is 75.4 Å². The van der Waals surface area contributed by atoms with Crippen molar-refractivity contribution in [3.05, 3.63) is 60.9 Å². The number of halogens is 1. The highest BCUT2D eigenvalue weighted by atomic mass is 19.1. The van der Waals surface area contributed by atoms with Crippen LogP contribution in [0.5, 0.6) is 11.5 Å². The molecule has 0 bridgehead atoms. The van der Waals surface area contributed by atoms with Crippen LogP contribution in [0.3, 0.4) is 0 Å². The van der Waals surface area contributed by atoms with Crippen LogP contribution in [-0.4, -0.2) is 104 Å². The van der Waals surface area contributed by atoms with Gasteiger partial charge < -0.3 is 20.1 Å². The number of likely N-dealkylation sites (tertiary alicyclic amines) is 3. The molecule has 2 aromatic carbocycles. The molecule has 2 aromatic heterocycles. The molecule has 4 aromatic rings. The fourth-order valence-corrected chi connectivity index (χ4v) is 7.04. The zero-order chi connectivity index (χ0) is 32.7. The fourth-order valence-electron chi connectivity index (χ4n) is 7.04. The summed E-state index contributed by atoms with van der Waals surface area (Å²) in [5.41, 5.74) is 7.88. The van der Waals surface area contributed by atoms with Gasteiger partial charge in [0.15, 0.2) is 5.65 Å². The number of rotatable bonds is 6. The normalized spacial score (nSPS) is 21.9. The molecule has 2 atom stereocenters. The fraction of sp³-hybridized carbons (Fsp3) is 0.486. The molecule has 7 rings (SSSR count). The lowest BCUT2D eigenvalue weighted by Gasteiger charge is -2.49. The summed E-state index contributed by atoms with van der Waals surface area (Å²) in [4.78, 5) is 27.6. The van der Waals surface area contributed by atoms with Gasteiger partial charge in [-0.2, -0.15) is 5.10 Å². The average molecular weight is 643 g/mol. The molecular weight excluding hydrogens is 599 g/mol. The minimum atomic E-state index is -1.11. The van der Waals surface area contributed by atoms with Crippen molar-refractivity contribution in [2.24, 2.45) is 0 Å². The molecule has 0 radical (unpaired) electrons. The van der Waals surface area contributed by atoms with Crippen molar-refractivity contribution in [1.29, 1.82) is 0 Å². The number of ether oxygens (including phenoxy) is 2. The highest BCUT2D eigenvalue weighted by Crippen LogP contribution is 2.37. The number of nitrogen functional groups attached to an aromatic ring is 1. The number of anilines is 1. The van der Waals surface area contributed by atoms with Crippen molar-refractivity contribution in [1.82, 2.24) is 34.4 Å². The summed E-state index contributed by atoms with van der Waals surface area (Å²) < 4.78 is 29.3. The van der Waals surface area contributed by atoms with Crippen molar-refractivity contribution in [2.75, 3.05) is 45.0 Å². The Morgan fingerprint density at radius 1 is 0.872 bits per heavy atom. The van der Waals surface area contributed by atoms with Gasteiger partial charge in [0.1, 0.15) is 41.1 Å². The van der Waals surface area contributed by atoms with Crippen LogP contribution >= 0.6 is 0 Å². The first-order valence-electron chi connectivity index (χ1n) is 16.5. The van der Waals surface area contributed by atoms with E-state index in [9.17, 15) is 4.79 Å². The number of hydrogen-bond donors (Lipinski definition) is 1. The van der Waals surface area contributed by atoms with Crippen molar-refractivity contribution < 1.29 is 18.7 Å². The molecule has 47 heavy (non-hydrogen) atoms. The summed E-state index contributed by atoms with van der Waals surface area (Å²) in [6.07, 6.45) is 2.68. The molecule has 0 saturated carbocycles. The predicted molar refractivity (Wildman–Crippen MR) is 178 cm³/mol. The van der Waals surface area contributed by atoms with Gasteiger partial charge in [0.2, 0.25) is 0 Å². The number of aromatic nitrogens is 4. The van der Waals surface area contributed by atoms with Crippen LogP contribution in [-0.2, 0) is 4.74 Å². The lowest BCUT2D eigenvalue weighted by molar-refractivity contribution is -0.0289. The third-order valence-corrected chi connectivity index (χ3v) is 9.52. The monoisotopic (exact) mass is 642 g/mol. The first-order chi connectivity index (χ1) is 22.6. The molecule has 3 aliphatic heterocycles.